The first kappa shape index (κ1) is 36.8. The molecule has 0 aromatic rings. The third-order valence-electron chi connectivity index (χ3n) is 2.41. The molecule has 0 amide bonds. The van der Waals surface area contributed by atoms with Gasteiger partial charge in [0.15, 0.2) is 0 Å². The number of unbranched alkanes of at least 4 members (excludes halogenated alkanes) is 8. The Hall–Kier alpha value is 0.934. The van der Waals surface area contributed by atoms with Gasteiger partial charge in [0.25, 0.3) is 0 Å². The second kappa shape index (κ2) is 50.9. The fourth-order valence-corrected chi connectivity index (χ4v) is 1.38. The zero-order chi connectivity index (χ0) is 13.1. The largest absolute Gasteiger partial charge is 0.197 e. The molecule has 0 aliphatic heterocycles. The average molecular weight is 332 g/mol. The first-order valence-electron chi connectivity index (χ1n) is 7.83. The van der Waals surface area contributed by atoms with E-state index in [0.29, 0.717) is 0 Å². The Kier molecular flexibility index (Phi) is 98.7. The predicted octanol–water partition coefficient (Wildman–Crippen LogP) is 7.73. The molecule has 0 atom stereocenters. The summed E-state index contributed by atoms with van der Waals surface area (Å²) >= 11 is 0. The van der Waals surface area contributed by atoms with Crippen LogP contribution in [-0.2, 0) is 18.6 Å². The van der Waals surface area contributed by atoms with Crippen molar-refractivity contribution in [2.45, 2.75) is 113 Å². The van der Waals surface area contributed by atoms with E-state index in [2.05, 4.69) is 27.7 Å². The van der Waals surface area contributed by atoms with Gasteiger partial charge >= 0.3 is 0 Å². The Balaban J connectivity index is -0.0000000372. The van der Waals surface area contributed by atoms with Crippen molar-refractivity contribution in [3.63, 3.8) is 0 Å². The van der Waals surface area contributed by atoms with Crippen molar-refractivity contribution >= 4 is 13.5 Å². The van der Waals surface area contributed by atoms with Crippen LogP contribution in [-0.4, -0.2) is 0 Å². The molecule has 2 heteroatoms. The van der Waals surface area contributed by atoms with E-state index < -0.39 is 0 Å². The molecule has 0 fully saturated rings. The summed E-state index contributed by atoms with van der Waals surface area (Å²) in [6, 6.07) is 0. The molecule has 0 aromatic heterocycles. The second-order valence-electron chi connectivity index (χ2n) is 4.12. The predicted molar refractivity (Wildman–Crippen MR) is 97.3 cm³/mol. The fraction of sp³-hybridized carbons (Fsp3) is 1.00. The normalized spacial score (nSPS) is 7.26. The average Bonchev–Trinajstić information content (AvgIpc) is 2.33. The number of hydrogen-bond donors (Lipinski definition) is 0. The van der Waals surface area contributed by atoms with Crippen molar-refractivity contribution < 1.29 is 18.6 Å². The molecule has 0 nitrogen and oxygen atoms in total. The van der Waals surface area contributed by atoms with Crippen LogP contribution in [0.4, 0.5) is 0 Å². The molecule has 0 rings (SSSR count). The zero-order valence-electron chi connectivity index (χ0n) is 14.0. The van der Waals surface area contributed by atoms with Crippen molar-refractivity contribution in [3.8, 4) is 0 Å². The van der Waals surface area contributed by atoms with Gasteiger partial charge in [-0.05, 0) is 0 Å². The van der Waals surface area contributed by atoms with Gasteiger partial charge in [0, 0.05) is 18.6 Å². The minimum atomic E-state index is 0. The van der Waals surface area contributed by atoms with Gasteiger partial charge in [-0.25, -0.2) is 0 Å². The van der Waals surface area contributed by atoms with Gasteiger partial charge in [-0.15, -0.1) is 0 Å². The van der Waals surface area contributed by atoms with Gasteiger partial charge in [0.2, 0.25) is 0 Å². The summed E-state index contributed by atoms with van der Waals surface area (Å²) < 4.78 is 0. The van der Waals surface area contributed by atoms with Crippen molar-refractivity contribution in [1.82, 2.24) is 0 Å². The smallest absolute Gasteiger partial charge is 0 e. The van der Waals surface area contributed by atoms with E-state index in [1.54, 1.807) is 0 Å². The molecule has 0 saturated heterocycles. The van der Waals surface area contributed by atoms with Crippen molar-refractivity contribution in [2.75, 3.05) is 0 Å². The maximum Gasteiger partial charge on any atom is 0 e. The monoisotopic (exact) mass is 331 g/mol. The van der Waals surface area contributed by atoms with Gasteiger partial charge in [0.05, 0.1) is 0 Å². The van der Waals surface area contributed by atoms with Crippen LogP contribution in [0.5, 0.6) is 0 Å². The van der Waals surface area contributed by atoms with Crippen molar-refractivity contribution in [2.24, 2.45) is 0 Å². The van der Waals surface area contributed by atoms with E-state index in [0.717, 1.165) is 0 Å². The van der Waals surface area contributed by atoms with E-state index in [9.17, 15) is 0 Å². The summed E-state index contributed by atoms with van der Waals surface area (Å²) in [4.78, 5) is 0. The Morgan fingerprint density at radius 3 is 0.842 bits per heavy atom. The summed E-state index contributed by atoms with van der Waals surface area (Å²) in [6.45, 7) is 13.0. The summed E-state index contributed by atoms with van der Waals surface area (Å²) in [6.07, 6.45) is 14.0. The van der Waals surface area contributed by atoms with Crippen molar-refractivity contribution in [3.05, 3.63) is 0 Å². The SMILES string of the molecule is C.CC.CCCCC.CCCCCCCCC.S.[V]. The second-order valence-corrected chi connectivity index (χ2v) is 4.12. The van der Waals surface area contributed by atoms with Gasteiger partial charge in [-0.3, -0.25) is 0 Å². The van der Waals surface area contributed by atoms with Crippen LogP contribution in [0.1, 0.15) is 113 Å². The third kappa shape index (κ3) is 68.0. The van der Waals surface area contributed by atoms with Gasteiger partial charge in [-0.1, -0.05) is 113 Å². The topological polar surface area (TPSA) is 0 Å². The quantitative estimate of drug-likeness (QED) is 0.399. The Labute approximate surface area is 145 Å². The van der Waals surface area contributed by atoms with Crippen LogP contribution < -0.4 is 0 Å². The Bertz CT molecular complexity index is 69.7. The molecular weight excluding hydrogens is 287 g/mol. The number of rotatable bonds is 8. The molecule has 0 heterocycles. The molecule has 0 aliphatic rings. The van der Waals surface area contributed by atoms with E-state index >= 15 is 0 Å². The number of hydrogen-bond acceptors (Lipinski definition) is 0. The third-order valence-corrected chi connectivity index (χ3v) is 2.41. The zero-order valence-corrected chi connectivity index (χ0v) is 16.4. The van der Waals surface area contributed by atoms with Crippen LogP contribution in [0.15, 0.2) is 0 Å². The van der Waals surface area contributed by atoms with Crippen LogP contribution in [0.2, 0.25) is 0 Å². The van der Waals surface area contributed by atoms with Gasteiger partial charge in [0.1, 0.15) is 0 Å². The van der Waals surface area contributed by atoms with Crippen LogP contribution >= 0.6 is 13.5 Å². The molecule has 1 radical (unpaired) electrons. The maximum atomic E-state index is 2.26. The van der Waals surface area contributed by atoms with Crippen LogP contribution in [0.3, 0.4) is 0 Å². The summed E-state index contributed by atoms with van der Waals surface area (Å²) in [5, 5.41) is 0. The standard InChI is InChI=1S/C9H20.C5H12.C2H6.CH4.H2S.V/c1-3-5-7-9-8-6-4-2;1-3-5-4-2;1-2;;;/h3-9H2,1-2H3;3-5H2,1-2H3;1-2H3;1H4;1H2;. The molecule has 123 valence electrons. The molecule has 0 spiro atoms. The first-order valence-corrected chi connectivity index (χ1v) is 7.83. The molecule has 0 N–H and O–H groups in total. The van der Waals surface area contributed by atoms with E-state index in [-0.39, 0.29) is 39.5 Å². The van der Waals surface area contributed by atoms with E-state index in [4.69, 9.17) is 0 Å². The Morgan fingerprint density at radius 2 is 0.684 bits per heavy atom. The minimum absolute atomic E-state index is 0. The molecule has 19 heavy (non-hydrogen) atoms. The van der Waals surface area contributed by atoms with E-state index in [1.807, 2.05) is 13.8 Å². The fourth-order valence-electron chi connectivity index (χ4n) is 1.38. The maximum absolute atomic E-state index is 2.26. The molecule has 0 saturated carbocycles. The minimum Gasteiger partial charge on any atom is -0.197 e. The molecule has 0 aliphatic carbocycles. The van der Waals surface area contributed by atoms with Gasteiger partial charge in [-0.2, -0.15) is 13.5 Å². The molecule has 0 bridgehead atoms. The first-order chi connectivity index (χ1) is 7.83. The van der Waals surface area contributed by atoms with Crippen LogP contribution in [0, 0.1) is 0 Å². The van der Waals surface area contributed by atoms with Gasteiger partial charge < -0.3 is 0 Å². The summed E-state index contributed by atoms with van der Waals surface area (Å²) in [5.41, 5.74) is 0. The Morgan fingerprint density at radius 1 is 0.474 bits per heavy atom. The molecule has 0 unspecified atom stereocenters. The molecule has 0 aromatic carbocycles. The van der Waals surface area contributed by atoms with Crippen LogP contribution in [0.25, 0.3) is 0 Å². The summed E-state index contributed by atoms with van der Waals surface area (Å²) in [5.74, 6) is 0. The van der Waals surface area contributed by atoms with Crippen molar-refractivity contribution in [1.29, 1.82) is 0 Å². The van der Waals surface area contributed by atoms with E-state index in [1.165, 1.54) is 64.2 Å². The molecular formula is C17H44SV. The summed E-state index contributed by atoms with van der Waals surface area (Å²) in [7, 11) is 0.